The van der Waals surface area contributed by atoms with Crippen LogP contribution < -0.4 is 0 Å². The van der Waals surface area contributed by atoms with Crippen LogP contribution in [0.15, 0.2) is 53.4 Å². The molecule has 3 aromatic rings. The summed E-state index contributed by atoms with van der Waals surface area (Å²) in [5.41, 5.74) is 3.06. The van der Waals surface area contributed by atoms with Gasteiger partial charge in [-0.2, -0.15) is 4.98 Å². The maximum absolute atomic E-state index is 5.17. The number of oxazole rings is 1. The zero-order valence-electron chi connectivity index (χ0n) is 8.92. The fraction of sp³-hybridized carbons (Fsp3) is 0. The largest absolute Gasteiger partial charge is 0.442 e. The molecule has 80 valence electrons. The quantitative estimate of drug-likeness (QED) is 0.547. The van der Waals surface area contributed by atoms with Crippen LogP contribution in [0.5, 0.6) is 0 Å². The lowest BCUT2D eigenvalue weighted by Gasteiger charge is -1.89. The van der Waals surface area contributed by atoms with Crippen LogP contribution in [0.1, 0.15) is 11.1 Å². The maximum atomic E-state index is 5.17. The second-order valence-electron chi connectivity index (χ2n) is 3.51. The van der Waals surface area contributed by atoms with Crippen LogP contribution in [-0.2, 0) is 0 Å². The minimum absolute atomic E-state index is 0.607. The van der Waals surface area contributed by atoms with Crippen molar-refractivity contribution < 1.29 is 4.42 Å². The van der Waals surface area contributed by atoms with E-state index in [0.717, 1.165) is 11.1 Å². The van der Waals surface area contributed by atoms with Gasteiger partial charge < -0.3 is 4.42 Å². The first-order chi connectivity index (χ1) is 8.42. The fourth-order valence-corrected chi connectivity index (χ4v) is 1.49. The fourth-order valence-electron chi connectivity index (χ4n) is 1.49. The van der Waals surface area contributed by atoms with E-state index in [1.807, 2.05) is 36.4 Å². The van der Waals surface area contributed by atoms with E-state index in [9.17, 15) is 0 Å². The van der Waals surface area contributed by atoms with Gasteiger partial charge in [-0.15, -0.1) is 0 Å². The first-order valence-corrected chi connectivity index (χ1v) is 5.18. The Hall–Kier alpha value is -2.60. The second-order valence-corrected chi connectivity index (χ2v) is 3.51. The van der Waals surface area contributed by atoms with Crippen molar-refractivity contribution in [1.29, 1.82) is 0 Å². The predicted molar refractivity (Wildman–Crippen MR) is 64.2 cm³/mol. The summed E-state index contributed by atoms with van der Waals surface area (Å²) in [4.78, 5) is 8.10. The Balaban J connectivity index is 1.97. The molecule has 0 saturated carbocycles. The topological polar surface area (TPSA) is 38.9 Å². The van der Waals surface area contributed by atoms with Gasteiger partial charge in [-0.1, -0.05) is 30.0 Å². The van der Waals surface area contributed by atoms with E-state index in [0.29, 0.717) is 11.2 Å². The zero-order chi connectivity index (χ0) is 11.5. The molecular formula is C14H8N2O. The molecule has 3 heteroatoms. The van der Waals surface area contributed by atoms with Crippen LogP contribution in [-0.4, -0.2) is 9.97 Å². The van der Waals surface area contributed by atoms with Gasteiger partial charge in [0.25, 0.3) is 0 Å². The van der Waals surface area contributed by atoms with Crippen molar-refractivity contribution in [2.24, 2.45) is 0 Å². The molecule has 2 heterocycles. The Labute approximate surface area is 98.1 Å². The monoisotopic (exact) mass is 220 g/mol. The number of aromatic nitrogens is 2. The van der Waals surface area contributed by atoms with Crippen molar-refractivity contribution in [2.75, 3.05) is 0 Å². The molecule has 2 aromatic heterocycles. The van der Waals surface area contributed by atoms with Crippen LogP contribution in [0.3, 0.4) is 0 Å². The third kappa shape index (κ3) is 2.01. The highest BCUT2D eigenvalue weighted by Gasteiger charge is 1.99. The molecule has 0 spiro atoms. The van der Waals surface area contributed by atoms with Crippen molar-refractivity contribution in [3.05, 3.63) is 60.1 Å². The van der Waals surface area contributed by atoms with E-state index in [1.54, 1.807) is 6.20 Å². The third-order valence-corrected chi connectivity index (χ3v) is 2.31. The van der Waals surface area contributed by atoms with Gasteiger partial charge in [-0.25, -0.2) is 4.98 Å². The molecule has 0 N–H and O–H groups in total. The van der Waals surface area contributed by atoms with Crippen LogP contribution >= 0.6 is 0 Å². The van der Waals surface area contributed by atoms with Crippen molar-refractivity contribution in [3.8, 4) is 11.8 Å². The van der Waals surface area contributed by atoms with E-state index in [-0.39, 0.29) is 0 Å². The average Bonchev–Trinajstić information content (AvgIpc) is 2.85. The first-order valence-electron chi connectivity index (χ1n) is 5.18. The highest BCUT2D eigenvalue weighted by atomic mass is 16.3. The second kappa shape index (κ2) is 4.11. The molecule has 0 bridgehead atoms. The predicted octanol–water partition coefficient (Wildman–Crippen LogP) is 2.62. The number of hydrogen-bond donors (Lipinski definition) is 0. The highest BCUT2D eigenvalue weighted by Crippen LogP contribution is 2.10. The molecule has 0 unspecified atom stereocenters. The van der Waals surface area contributed by atoms with Crippen molar-refractivity contribution in [3.63, 3.8) is 0 Å². The standard InChI is InChI=1S/C14H8N2O/c1-2-4-11(5-3-1)6-7-12-8-13-14(15-9-12)16-10-17-13/h1-5,8-10H. The Morgan fingerprint density at radius 1 is 0.941 bits per heavy atom. The molecule has 0 aliphatic heterocycles. The summed E-state index contributed by atoms with van der Waals surface area (Å²) in [6, 6.07) is 11.7. The van der Waals surface area contributed by atoms with Crippen molar-refractivity contribution in [1.82, 2.24) is 9.97 Å². The van der Waals surface area contributed by atoms with Gasteiger partial charge in [0.15, 0.2) is 17.6 Å². The van der Waals surface area contributed by atoms with E-state index in [2.05, 4.69) is 21.8 Å². The third-order valence-electron chi connectivity index (χ3n) is 2.31. The van der Waals surface area contributed by atoms with E-state index in [4.69, 9.17) is 4.42 Å². The molecule has 3 nitrogen and oxygen atoms in total. The van der Waals surface area contributed by atoms with E-state index in [1.165, 1.54) is 6.39 Å². The zero-order valence-corrected chi connectivity index (χ0v) is 8.92. The minimum atomic E-state index is 0.607. The summed E-state index contributed by atoms with van der Waals surface area (Å²) in [5, 5.41) is 0. The van der Waals surface area contributed by atoms with Crippen molar-refractivity contribution in [2.45, 2.75) is 0 Å². The Morgan fingerprint density at radius 2 is 1.76 bits per heavy atom. The smallest absolute Gasteiger partial charge is 0.198 e. The minimum Gasteiger partial charge on any atom is -0.442 e. The van der Waals surface area contributed by atoms with Gasteiger partial charge >= 0.3 is 0 Å². The highest BCUT2D eigenvalue weighted by molar-refractivity contribution is 5.68. The van der Waals surface area contributed by atoms with E-state index >= 15 is 0 Å². The van der Waals surface area contributed by atoms with Gasteiger partial charge in [0.1, 0.15) is 0 Å². The molecule has 1 aromatic carbocycles. The molecule has 0 aliphatic rings. The number of benzene rings is 1. The summed E-state index contributed by atoms with van der Waals surface area (Å²) >= 11 is 0. The van der Waals surface area contributed by atoms with Crippen LogP contribution in [0, 0.1) is 11.8 Å². The van der Waals surface area contributed by atoms with E-state index < -0.39 is 0 Å². The number of pyridine rings is 1. The van der Waals surface area contributed by atoms with Gasteiger partial charge in [0.2, 0.25) is 0 Å². The van der Waals surface area contributed by atoms with Gasteiger partial charge in [-0.3, -0.25) is 0 Å². The van der Waals surface area contributed by atoms with Gasteiger partial charge in [0.05, 0.1) is 0 Å². The molecule has 0 amide bonds. The Kier molecular flexibility index (Phi) is 2.32. The molecule has 0 saturated heterocycles. The Morgan fingerprint density at radius 3 is 2.65 bits per heavy atom. The average molecular weight is 220 g/mol. The molecular weight excluding hydrogens is 212 g/mol. The number of nitrogens with zero attached hydrogens (tertiary/aromatic N) is 2. The van der Waals surface area contributed by atoms with Crippen LogP contribution in [0.25, 0.3) is 11.2 Å². The first kappa shape index (κ1) is 9.61. The maximum Gasteiger partial charge on any atom is 0.198 e. The van der Waals surface area contributed by atoms with Crippen LogP contribution in [0.4, 0.5) is 0 Å². The molecule has 0 fully saturated rings. The van der Waals surface area contributed by atoms with Crippen molar-refractivity contribution >= 4 is 11.2 Å². The summed E-state index contributed by atoms with van der Waals surface area (Å²) in [5.74, 6) is 6.11. The number of fused-ring (bicyclic) bond motifs is 1. The molecule has 0 aliphatic carbocycles. The lowest BCUT2D eigenvalue weighted by Crippen LogP contribution is -1.80. The summed E-state index contributed by atoms with van der Waals surface area (Å²) in [6.45, 7) is 0. The summed E-state index contributed by atoms with van der Waals surface area (Å²) in [7, 11) is 0. The molecule has 17 heavy (non-hydrogen) atoms. The summed E-state index contributed by atoms with van der Waals surface area (Å²) < 4.78 is 5.17. The number of rotatable bonds is 0. The summed E-state index contributed by atoms with van der Waals surface area (Å²) in [6.07, 6.45) is 3.08. The molecule has 0 atom stereocenters. The lowest BCUT2D eigenvalue weighted by molar-refractivity contribution is 0.602. The number of hydrogen-bond acceptors (Lipinski definition) is 3. The Bertz CT molecular complexity index is 705. The SMILES string of the molecule is C(#Cc1cnc2ncoc2c1)c1ccccc1. The normalized spacial score (nSPS) is 9.88. The lowest BCUT2D eigenvalue weighted by atomic mass is 10.2. The molecule has 3 rings (SSSR count). The van der Waals surface area contributed by atoms with Gasteiger partial charge in [0, 0.05) is 23.4 Å². The van der Waals surface area contributed by atoms with Crippen LogP contribution in [0.2, 0.25) is 0 Å². The van der Waals surface area contributed by atoms with Gasteiger partial charge in [-0.05, 0) is 12.1 Å². The molecule has 0 radical (unpaired) electrons.